The van der Waals surface area contributed by atoms with Gasteiger partial charge in [-0.05, 0) is 105 Å². The van der Waals surface area contributed by atoms with Crippen molar-refractivity contribution >= 4 is 92.4 Å². The van der Waals surface area contributed by atoms with Crippen LogP contribution in [0.15, 0.2) is 72.8 Å². The molecule has 8 N–H and O–H groups in total. The molecule has 82 heavy (non-hydrogen) atoms. The lowest BCUT2D eigenvalue weighted by atomic mass is 9.85. The molecule has 4 saturated carbocycles. The van der Waals surface area contributed by atoms with Gasteiger partial charge in [0.05, 0.1) is 34.2 Å². The molecule has 0 unspecified atom stereocenters. The number of carbonyl (C=O) groups excluding carboxylic acids is 7. The second-order valence-electron chi connectivity index (χ2n) is 21.4. The zero-order valence-electron chi connectivity index (χ0n) is 45.2. The maximum atomic E-state index is 14.2. The molecule has 2 heterocycles. The van der Waals surface area contributed by atoms with Crippen molar-refractivity contribution in [2.24, 2.45) is 23.3 Å². The van der Waals surface area contributed by atoms with Crippen molar-refractivity contribution in [2.45, 2.75) is 148 Å². The van der Waals surface area contributed by atoms with Crippen LogP contribution in [0, 0.1) is 23.5 Å². The van der Waals surface area contributed by atoms with Gasteiger partial charge in [0.15, 0.2) is 11.4 Å². The lowest BCUT2D eigenvalue weighted by Crippen LogP contribution is -2.43. The Hall–Kier alpha value is -7.45. The van der Waals surface area contributed by atoms with Gasteiger partial charge >= 0.3 is 0 Å². The Balaban J connectivity index is 0.000000208. The molecular weight excluding hydrogens is 1100 g/mol. The fraction of sp³-hybridized carbons (Fsp3) is 0.450. The lowest BCUT2D eigenvalue weighted by molar-refractivity contribution is -0.137. The highest BCUT2D eigenvalue weighted by atomic mass is 35.5. The fourth-order valence-electron chi connectivity index (χ4n) is 10.5. The smallest absolute Gasteiger partial charge is 0.269 e. The minimum atomic E-state index is -0.733. The third-order valence-electron chi connectivity index (χ3n) is 15.3. The number of aromatic nitrogens is 4. The van der Waals surface area contributed by atoms with Crippen LogP contribution in [-0.2, 0) is 56.6 Å². The number of primary amides is 2. The summed E-state index contributed by atoms with van der Waals surface area (Å²) in [5, 5.41) is 14.9. The molecule has 4 aliphatic carbocycles. The van der Waals surface area contributed by atoms with Crippen LogP contribution in [0.5, 0.6) is 0 Å². The molecule has 4 aromatic carbocycles. The molecule has 438 valence electrons. The number of nitrogens with two attached hydrogens (primary N) is 3. The van der Waals surface area contributed by atoms with E-state index in [-0.39, 0.29) is 103 Å². The average molecular weight is 1170 g/mol. The number of nitrogen functional groups attached to an aromatic ring is 1. The number of hydrogen-bond acceptors (Lipinski definition) is 10. The first-order chi connectivity index (χ1) is 39.0. The SMILES string of the molecule is C.NC(=O)c1nn(CC(=O)N(CC(=O)NCc2cccc(Cl)c2F)C2CC2)c2ccc(CCC3CCCCC3)cc12.NC(=O)c1nn(CC(=O)N(CC(=O)NCc2cccc(Cl)c2F)C2CC2)c2ccc(N)cc12.O=CC1CCCCC1. The minimum Gasteiger partial charge on any atom is -0.399 e. The van der Waals surface area contributed by atoms with E-state index in [1.165, 1.54) is 88.7 Å². The maximum absolute atomic E-state index is 14.2. The van der Waals surface area contributed by atoms with E-state index in [0.29, 0.717) is 33.4 Å². The second-order valence-corrected chi connectivity index (χ2v) is 22.2. The van der Waals surface area contributed by atoms with Gasteiger partial charge in [-0.3, -0.25) is 38.1 Å². The lowest BCUT2D eigenvalue weighted by Gasteiger charge is -2.22. The number of benzene rings is 4. The van der Waals surface area contributed by atoms with E-state index in [1.807, 2.05) is 18.2 Å². The van der Waals surface area contributed by atoms with E-state index in [0.717, 1.165) is 69.1 Å². The van der Waals surface area contributed by atoms with Gasteiger partial charge in [0.25, 0.3) is 11.8 Å². The number of aryl methyl sites for hydroxylation is 1. The first-order valence-electron chi connectivity index (χ1n) is 27.8. The van der Waals surface area contributed by atoms with E-state index in [9.17, 15) is 42.3 Å². The molecule has 18 nitrogen and oxygen atoms in total. The predicted octanol–water partition coefficient (Wildman–Crippen LogP) is 8.97. The maximum Gasteiger partial charge on any atom is 0.269 e. The number of halogens is 4. The number of rotatable bonds is 20. The van der Waals surface area contributed by atoms with Gasteiger partial charge in [-0.25, -0.2) is 8.78 Å². The molecule has 0 aliphatic heterocycles. The zero-order valence-corrected chi connectivity index (χ0v) is 46.7. The normalized spacial score (nSPS) is 15.2. The van der Waals surface area contributed by atoms with E-state index in [1.54, 1.807) is 36.4 Å². The summed E-state index contributed by atoms with van der Waals surface area (Å²) in [6.07, 6.45) is 19.0. The molecule has 4 fully saturated rings. The van der Waals surface area contributed by atoms with Gasteiger partial charge in [-0.2, -0.15) is 10.2 Å². The number of fused-ring (bicyclic) bond motifs is 2. The van der Waals surface area contributed by atoms with Crippen LogP contribution < -0.4 is 27.8 Å². The first kappa shape index (κ1) is 62.2. The van der Waals surface area contributed by atoms with Crippen molar-refractivity contribution < 1.29 is 42.3 Å². The van der Waals surface area contributed by atoms with Crippen LogP contribution in [0.1, 0.15) is 141 Å². The van der Waals surface area contributed by atoms with Crippen molar-refractivity contribution in [3.63, 3.8) is 0 Å². The quantitative estimate of drug-likeness (QED) is 0.0358. The highest BCUT2D eigenvalue weighted by Gasteiger charge is 2.36. The summed E-state index contributed by atoms with van der Waals surface area (Å²) in [5.74, 6) is -2.84. The minimum absolute atomic E-state index is 0. The van der Waals surface area contributed by atoms with Gasteiger partial charge in [-0.1, -0.05) is 112 Å². The van der Waals surface area contributed by atoms with E-state index in [2.05, 4.69) is 20.8 Å². The molecule has 0 radical (unpaired) electrons. The number of hydrogen-bond donors (Lipinski definition) is 5. The zero-order chi connectivity index (χ0) is 57.7. The number of anilines is 1. The summed E-state index contributed by atoms with van der Waals surface area (Å²) in [7, 11) is 0. The fourth-order valence-corrected chi connectivity index (χ4v) is 10.9. The Morgan fingerprint density at radius 2 is 1.07 bits per heavy atom. The summed E-state index contributed by atoms with van der Waals surface area (Å²) in [5.41, 5.74) is 20.3. The van der Waals surface area contributed by atoms with E-state index < -0.39 is 35.3 Å². The molecule has 2 aromatic heterocycles. The van der Waals surface area contributed by atoms with Gasteiger partial charge in [-0.15, -0.1) is 0 Å². The summed E-state index contributed by atoms with van der Waals surface area (Å²) in [6.45, 7) is -0.727. The molecule has 6 aromatic rings. The summed E-state index contributed by atoms with van der Waals surface area (Å²) < 4.78 is 31.1. The number of amides is 6. The molecule has 0 bridgehead atoms. The van der Waals surface area contributed by atoms with Crippen molar-refractivity contribution in [3.05, 3.63) is 123 Å². The Morgan fingerprint density at radius 3 is 1.51 bits per heavy atom. The summed E-state index contributed by atoms with van der Waals surface area (Å²) in [4.78, 5) is 88.8. The topological polar surface area (TPSA) is 264 Å². The Kier molecular flexibility index (Phi) is 22.0. The van der Waals surface area contributed by atoms with Crippen molar-refractivity contribution in [2.75, 3.05) is 18.8 Å². The van der Waals surface area contributed by atoms with Crippen LogP contribution in [0.2, 0.25) is 10.0 Å². The first-order valence-corrected chi connectivity index (χ1v) is 28.5. The molecule has 4 aliphatic rings. The van der Waals surface area contributed by atoms with Crippen LogP contribution in [0.3, 0.4) is 0 Å². The molecule has 6 amide bonds. The van der Waals surface area contributed by atoms with Gasteiger partial charge in [0, 0.05) is 58.7 Å². The molecule has 0 spiro atoms. The highest BCUT2D eigenvalue weighted by molar-refractivity contribution is 6.31. The van der Waals surface area contributed by atoms with Crippen molar-refractivity contribution in [1.29, 1.82) is 0 Å². The van der Waals surface area contributed by atoms with Crippen LogP contribution >= 0.6 is 23.2 Å². The van der Waals surface area contributed by atoms with Crippen molar-refractivity contribution in [1.82, 2.24) is 40.0 Å². The van der Waals surface area contributed by atoms with E-state index in [4.69, 9.17) is 40.4 Å². The highest BCUT2D eigenvalue weighted by Crippen LogP contribution is 2.32. The van der Waals surface area contributed by atoms with Gasteiger partial charge in [0.1, 0.15) is 31.0 Å². The van der Waals surface area contributed by atoms with Crippen LogP contribution in [0.25, 0.3) is 21.8 Å². The molecule has 0 saturated heterocycles. The molecule has 10 rings (SSSR count). The third kappa shape index (κ3) is 16.6. The summed E-state index contributed by atoms with van der Waals surface area (Å²) >= 11 is 11.6. The average Bonchev–Trinajstić information content (AvgIpc) is 4.33. The number of carbonyl (C=O) groups is 7. The predicted molar refractivity (Wildman–Crippen MR) is 311 cm³/mol. The number of nitrogens with zero attached hydrogens (tertiary/aromatic N) is 6. The van der Waals surface area contributed by atoms with E-state index >= 15 is 0 Å². The van der Waals surface area contributed by atoms with Crippen molar-refractivity contribution in [3.8, 4) is 0 Å². The van der Waals surface area contributed by atoms with Crippen LogP contribution in [0.4, 0.5) is 14.5 Å². The Labute approximate surface area is 485 Å². The number of nitrogens with one attached hydrogen (secondary N) is 2. The Morgan fingerprint density at radius 1 is 0.622 bits per heavy atom. The largest absolute Gasteiger partial charge is 0.399 e. The van der Waals surface area contributed by atoms with Gasteiger partial charge in [0.2, 0.25) is 23.6 Å². The molecule has 0 atom stereocenters. The third-order valence-corrected chi connectivity index (χ3v) is 15.9. The monoisotopic (exact) mass is 1170 g/mol. The Bertz CT molecular complexity index is 3280. The standard InChI is InChI=1S/C30H35ClFN5O3.C22H22ClFN6O3.C7H12O.CH4/c31-24-8-4-7-21(28(24)32)16-34-26(38)17-36(22-12-13-22)27(39)18-37-25-14-11-20(10-9-19-5-2-1-3-6-19)15-23(25)29(35-37)30(33)40;23-16-3-1-2-12(20(16)24)9-27-18(31)10-29(14-5-6-14)19(32)11-30-17-7-4-13(25)8-15(17)21(28-30)22(26)33;8-6-7-4-2-1-3-5-7;/h4,7-8,11,14-15,19,22H,1-3,5-6,9-10,12-13,16-18H2,(H2,33,40)(H,34,38);1-4,7-8,14H,5-6,9-11,25H2,(H2,26,33)(H,27,31);6-7H,1-5H2;1H4. The van der Waals surface area contributed by atoms with Crippen LogP contribution in [-0.4, -0.2) is 96.3 Å². The molecule has 22 heteroatoms. The second kappa shape index (κ2) is 29.0. The van der Waals surface area contributed by atoms with Gasteiger partial charge < -0.3 is 42.4 Å². The molecular formula is C60H73Cl2F2N11O7. The summed E-state index contributed by atoms with van der Waals surface area (Å²) in [6, 6.07) is 19.8. The number of aldehydes is 1.